The smallest absolute Gasteiger partial charge is 0.409 e. The average Bonchev–Trinajstić information content (AvgIpc) is 3.39. The summed E-state index contributed by atoms with van der Waals surface area (Å²) in [5, 5.41) is 16.2. The SMILES string of the molecule is CCOC(=O)C(C)Oc1cc(C(=O)N[C@@H](CCC(=O)O)C(=O)N2CCN(C(=O)OCC)CC2)nn1-c1ccccc1. The summed E-state index contributed by atoms with van der Waals surface area (Å²) in [7, 11) is 0. The van der Waals surface area contributed by atoms with Crippen molar-refractivity contribution in [2.45, 2.75) is 45.8 Å². The predicted octanol–water partition coefficient (Wildman–Crippen LogP) is 1.47. The second kappa shape index (κ2) is 14.7. The molecule has 41 heavy (non-hydrogen) atoms. The van der Waals surface area contributed by atoms with E-state index in [1.807, 2.05) is 0 Å². The highest BCUT2D eigenvalue weighted by molar-refractivity contribution is 5.96. The highest BCUT2D eigenvalue weighted by Crippen LogP contribution is 2.21. The molecule has 0 bridgehead atoms. The fourth-order valence-electron chi connectivity index (χ4n) is 4.10. The Bertz CT molecular complexity index is 1230. The molecule has 0 aliphatic carbocycles. The average molecular weight is 574 g/mol. The normalized spacial score (nSPS) is 14.5. The van der Waals surface area contributed by atoms with Gasteiger partial charge < -0.3 is 34.4 Å². The van der Waals surface area contributed by atoms with Crippen LogP contribution in [-0.4, -0.2) is 106 Å². The van der Waals surface area contributed by atoms with Gasteiger partial charge in [-0.3, -0.25) is 14.4 Å². The molecule has 0 spiro atoms. The van der Waals surface area contributed by atoms with Gasteiger partial charge >= 0.3 is 18.0 Å². The van der Waals surface area contributed by atoms with Crippen molar-refractivity contribution in [1.29, 1.82) is 0 Å². The number of ether oxygens (including phenoxy) is 3. The van der Waals surface area contributed by atoms with Gasteiger partial charge in [-0.25, -0.2) is 14.3 Å². The number of carbonyl (C=O) groups excluding carboxylic acids is 4. The molecule has 1 saturated heterocycles. The maximum absolute atomic E-state index is 13.3. The molecule has 0 saturated carbocycles. The fraction of sp³-hybridized carbons (Fsp3) is 0.481. The highest BCUT2D eigenvalue weighted by Gasteiger charge is 2.32. The van der Waals surface area contributed by atoms with Crippen LogP contribution in [0.5, 0.6) is 5.88 Å². The van der Waals surface area contributed by atoms with E-state index in [4.69, 9.17) is 14.2 Å². The molecule has 14 heteroatoms. The van der Waals surface area contributed by atoms with Gasteiger partial charge in [-0.1, -0.05) is 18.2 Å². The summed E-state index contributed by atoms with van der Waals surface area (Å²) in [5.74, 6) is -2.84. The molecule has 1 aromatic carbocycles. The lowest BCUT2D eigenvalue weighted by Crippen LogP contribution is -2.56. The first kappa shape index (κ1) is 30.9. The Morgan fingerprint density at radius 1 is 0.976 bits per heavy atom. The summed E-state index contributed by atoms with van der Waals surface area (Å²) >= 11 is 0. The van der Waals surface area contributed by atoms with E-state index in [1.54, 1.807) is 44.2 Å². The minimum atomic E-state index is -1.16. The van der Waals surface area contributed by atoms with Crippen molar-refractivity contribution in [3.63, 3.8) is 0 Å². The van der Waals surface area contributed by atoms with Crippen LogP contribution >= 0.6 is 0 Å². The molecular formula is C27H35N5O9. The van der Waals surface area contributed by atoms with Crippen LogP contribution in [0.3, 0.4) is 0 Å². The van der Waals surface area contributed by atoms with E-state index in [2.05, 4.69) is 10.4 Å². The van der Waals surface area contributed by atoms with Crippen LogP contribution in [0.4, 0.5) is 4.79 Å². The Morgan fingerprint density at radius 2 is 1.61 bits per heavy atom. The Balaban J connectivity index is 1.79. The largest absolute Gasteiger partial charge is 0.481 e. The van der Waals surface area contributed by atoms with E-state index in [1.165, 1.54) is 27.5 Å². The van der Waals surface area contributed by atoms with Crippen LogP contribution in [0.15, 0.2) is 36.4 Å². The number of nitrogens with one attached hydrogen (secondary N) is 1. The van der Waals surface area contributed by atoms with E-state index in [9.17, 15) is 29.1 Å². The molecule has 2 aromatic rings. The second-order valence-corrected chi connectivity index (χ2v) is 9.10. The number of carboxylic acid groups (broad SMARTS) is 1. The summed E-state index contributed by atoms with van der Waals surface area (Å²) in [6.07, 6.45) is -1.98. The summed E-state index contributed by atoms with van der Waals surface area (Å²) in [4.78, 5) is 65.0. The van der Waals surface area contributed by atoms with Gasteiger partial charge in [0.05, 0.1) is 18.9 Å². The molecule has 1 unspecified atom stereocenters. The monoisotopic (exact) mass is 573 g/mol. The first-order chi connectivity index (χ1) is 19.6. The fourth-order valence-corrected chi connectivity index (χ4v) is 4.10. The molecule has 1 aliphatic rings. The van der Waals surface area contributed by atoms with Crippen LogP contribution < -0.4 is 10.1 Å². The number of carboxylic acids is 1. The highest BCUT2D eigenvalue weighted by atomic mass is 16.6. The Hall–Kier alpha value is -4.62. The molecule has 2 N–H and O–H groups in total. The molecule has 3 rings (SSSR count). The number of hydrogen-bond donors (Lipinski definition) is 2. The number of carbonyl (C=O) groups is 5. The number of esters is 1. The van der Waals surface area contributed by atoms with Gasteiger partial charge in [0.25, 0.3) is 5.91 Å². The number of aromatic nitrogens is 2. The van der Waals surface area contributed by atoms with Crippen molar-refractivity contribution >= 4 is 29.8 Å². The van der Waals surface area contributed by atoms with E-state index in [0.29, 0.717) is 5.69 Å². The standard InChI is InChI=1S/C27H35N5O9/c1-4-39-26(37)18(3)41-22-17-21(29-32(22)19-9-7-6-8-10-19)24(35)28-20(11-12-23(33)34)25(36)30-13-15-31(16-14-30)27(38)40-5-2/h6-10,17-18,20H,4-5,11-16H2,1-3H3,(H,28,35)(H,33,34)/t18?,20-/m0/s1. The number of rotatable bonds is 12. The number of benzene rings is 1. The van der Waals surface area contributed by atoms with Crippen molar-refractivity contribution in [2.24, 2.45) is 0 Å². The van der Waals surface area contributed by atoms with Crippen LogP contribution in [0.25, 0.3) is 5.69 Å². The van der Waals surface area contributed by atoms with Gasteiger partial charge in [0.1, 0.15) is 6.04 Å². The minimum absolute atomic E-state index is 0.0883. The maximum atomic E-state index is 13.3. The van der Waals surface area contributed by atoms with Crippen molar-refractivity contribution in [3.8, 4) is 11.6 Å². The van der Waals surface area contributed by atoms with Gasteiger partial charge in [-0.05, 0) is 39.3 Å². The number of piperazine rings is 1. The van der Waals surface area contributed by atoms with Gasteiger partial charge in [0, 0.05) is 38.7 Å². The van der Waals surface area contributed by atoms with Crippen molar-refractivity contribution in [1.82, 2.24) is 24.9 Å². The summed E-state index contributed by atoms with van der Waals surface area (Å²) in [6.45, 7) is 6.15. The molecule has 2 heterocycles. The number of amides is 3. The number of nitrogens with zero attached hydrogens (tertiary/aromatic N) is 4. The third kappa shape index (κ3) is 8.43. The number of hydrogen-bond acceptors (Lipinski definition) is 9. The zero-order chi connectivity index (χ0) is 29.9. The molecule has 3 amide bonds. The van der Waals surface area contributed by atoms with Crippen LogP contribution in [0.1, 0.15) is 44.1 Å². The van der Waals surface area contributed by atoms with Gasteiger partial charge in [-0.15, -0.1) is 0 Å². The third-order valence-electron chi connectivity index (χ3n) is 6.19. The summed E-state index contributed by atoms with van der Waals surface area (Å²) in [6, 6.07) is 8.95. The van der Waals surface area contributed by atoms with Crippen LogP contribution in [0.2, 0.25) is 0 Å². The van der Waals surface area contributed by atoms with E-state index in [0.717, 1.165) is 0 Å². The molecule has 222 valence electrons. The number of aliphatic carboxylic acids is 1. The van der Waals surface area contributed by atoms with Crippen LogP contribution in [-0.2, 0) is 23.9 Å². The Kier molecular flexibility index (Phi) is 11.1. The van der Waals surface area contributed by atoms with Crippen molar-refractivity contribution in [2.75, 3.05) is 39.4 Å². The predicted molar refractivity (Wildman–Crippen MR) is 144 cm³/mol. The zero-order valence-electron chi connectivity index (χ0n) is 23.3. The maximum Gasteiger partial charge on any atom is 0.409 e. The topological polar surface area (TPSA) is 170 Å². The van der Waals surface area contributed by atoms with Crippen LogP contribution in [0, 0.1) is 0 Å². The van der Waals surface area contributed by atoms with E-state index >= 15 is 0 Å². The van der Waals surface area contributed by atoms with E-state index < -0.39 is 42.0 Å². The third-order valence-corrected chi connectivity index (χ3v) is 6.19. The first-order valence-corrected chi connectivity index (χ1v) is 13.4. The van der Waals surface area contributed by atoms with Gasteiger partial charge in [0.15, 0.2) is 11.8 Å². The van der Waals surface area contributed by atoms with Crippen molar-refractivity contribution in [3.05, 3.63) is 42.1 Å². The molecule has 1 aromatic heterocycles. The molecule has 2 atom stereocenters. The van der Waals surface area contributed by atoms with Gasteiger partial charge in [0.2, 0.25) is 11.8 Å². The minimum Gasteiger partial charge on any atom is -0.481 e. The molecular weight excluding hydrogens is 538 g/mol. The molecule has 1 fully saturated rings. The lowest BCUT2D eigenvalue weighted by Gasteiger charge is -2.35. The first-order valence-electron chi connectivity index (χ1n) is 13.4. The quantitative estimate of drug-likeness (QED) is 0.355. The lowest BCUT2D eigenvalue weighted by atomic mass is 10.1. The van der Waals surface area contributed by atoms with E-state index in [-0.39, 0.29) is 63.8 Å². The number of para-hydroxylation sites is 1. The lowest BCUT2D eigenvalue weighted by molar-refractivity contribution is -0.150. The Morgan fingerprint density at radius 3 is 2.22 bits per heavy atom. The Labute approximate surface area is 237 Å². The summed E-state index contributed by atoms with van der Waals surface area (Å²) < 4.78 is 17.1. The molecule has 1 aliphatic heterocycles. The summed E-state index contributed by atoms with van der Waals surface area (Å²) in [5.41, 5.74) is 0.441. The zero-order valence-corrected chi connectivity index (χ0v) is 23.3. The van der Waals surface area contributed by atoms with Crippen molar-refractivity contribution < 1.29 is 43.3 Å². The second-order valence-electron chi connectivity index (χ2n) is 9.10. The molecule has 14 nitrogen and oxygen atoms in total. The van der Waals surface area contributed by atoms with Gasteiger partial charge in [-0.2, -0.15) is 5.10 Å². The molecule has 0 radical (unpaired) electrons.